The number of hydrogen-bond acceptors (Lipinski definition) is 4. The van der Waals surface area contributed by atoms with Gasteiger partial charge in [-0.05, 0) is 30.5 Å². The molecule has 0 saturated carbocycles. The average molecular weight is 323 g/mol. The molecule has 0 amide bonds. The molecule has 2 aromatic carbocycles. The molecule has 1 aliphatic rings. The van der Waals surface area contributed by atoms with Gasteiger partial charge < -0.3 is 9.67 Å². The SMILES string of the molecule is Oc1ccccc1-c1nnc2n1CCCC(c1ccccc1)S2. The maximum absolute atomic E-state index is 10.1. The zero-order valence-corrected chi connectivity index (χ0v) is 13.4. The average Bonchev–Trinajstić information content (AvgIpc) is 2.86. The Balaban J connectivity index is 1.70. The van der Waals surface area contributed by atoms with E-state index in [1.165, 1.54) is 5.56 Å². The topological polar surface area (TPSA) is 50.9 Å². The number of phenols is 1. The van der Waals surface area contributed by atoms with Crippen molar-refractivity contribution in [2.24, 2.45) is 0 Å². The third-order valence-electron chi connectivity index (χ3n) is 4.13. The number of hydrogen-bond donors (Lipinski definition) is 1. The monoisotopic (exact) mass is 323 g/mol. The van der Waals surface area contributed by atoms with E-state index in [0.717, 1.165) is 35.9 Å². The highest BCUT2D eigenvalue weighted by molar-refractivity contribution is 7.99. The fourth-order valence-electron chi connectivity index (χ4n) is 2.96. The lowest BCUT2D eigenvalue weighted by atomic mass is 10.1. The maximum atomic E-state index is 10.1. The summed E-state index contributed by atoms with van der Waals surface area (Å²) in [5.74, 6) is 0.996. The molecular weight excluding hydrogens is 306 g/mol. The molecule has 0 radical (unpaired) electrons. The minimum Gasteiger partial charge on any atom is -0.507 e. The molecule has 0 fully saturated rings. The van der Waals surface area contributed by atoms with Gasteiger partial charge in [0.1, 0.15) is 5.75 Å². The molecule has 0 bridgehead atoms. The van der Waals surface area contributed by atoms with Crippen LogP contribution >= 0.6 is 11.8 Å². The van der Waals surface area contributed by atoms with Gasteiger partial charge in [-0.1, -0.05) is 54.2 Å². The molecule has 116 valence electrons. The van der Waals surface area contributed by atoms with Crippen LogP contribution in [0, 0.1) is 0 Å². The molecule has 5 heteroatoms. The second-order valence-corrected chi connectivity index (χ2v) is 6.80. The van der Waals surface area contributed by atoms with Gasteiger partial charge in [-0.2, -0.15) is 0 Å². The number of fused-ring (bicyclic) bond motifs is 1. The van der Waals surface area contributed by atoms with Crippen molar-refractivity contribution < 1.29 is 5.11 Å². The van der Waals surface area contributed by atoms with Gasteiger partial charge in [-0.25, -0.2) is 0 Å². The summed E-state index contributed by atoms with van der Waals surface area (Å²) >= 11 is 1.76. The number of aromatic hydroxyl groups is 1. The Hall–Kier alpha value is -2.27. The van der Waals surface area contributed by atoms with E-state index in [1.54, 1.807) is 17.8 Å². The van der Waals surface area contributed by atoms with Crippen molar-refractivity contribution in [2.45, 2.75) is 29.8 Å². The van der Waals surface area contributed by atoms with E-state index < -0.39 is 0 Å². The Morgan fingerprint density at radius 1 is 1.00 bits per heavy atom. The van der Waals surface area contributed by atoms with Gasteiger partial charge in [0.15, 0.2) is 11.0 Å². The van der Waals surface area contributed by atoms with Gasteiger partial charge in [-0.15, -0.1) is 10.2 Å². The number of phenolic OH excluding ortho intramolecular Hbond substituents is 1. The highest BCUT2D eigenvalue weighted by Crippen LogP contribution is 2.42. The smallest absolute Gasteiger partial charge is 0.192 e. The first-order chi connectivity index (χ1) is 11.3. The molecule has 1 aromatic heterocycles. The first-order valence-electron chi connectivity index (χ1n) is 7.76. The molecule has 1 N–H and O–H groups in total. The van der Waals surface area contributed by atoms with Crippen molar-refractivity contribution in [1.82, 2.24) is 14.8 Å². The predicted molar refractivity (Wildman–Crippen MR) is 91.4 cm³/mol. The molecule has 2 heterocycles. The van der Waals surface area contributed by atoms with Crippen molar-refractivity contribution in [3.63, 3.8) is 0 Å². The minimum atomic E-state index is 0.247. The summed E-state index contributed by atoms with van der Waals surface area (Å²) < 4.78 is 2.13. The van der Waals surface area contributed by atoms with E-state index >= 15 is 0 Å². The van der Waals surface area contributed by atoms with Crippen LogP contribution in [0.3, 0.4) is 0 Å². The summed E-state index contributed by atoms with van der Waals surface area (Å²) in [7, 11) is 0. The normalized spacial score (nSPS) is 17.5. The van der Waals surface area contributed by atoms with Gasteiger partial charge >= 0.3 is 0 Å². The number of para-hydroxylation sites is 1. The Bertz CT molecular complexity index is 816. The molecule has 23 heavy (non-hydrogen) atoms. The Kier molecular flexibility index (Phi) is 3.79. The zero-order valence-electron chi connectivity index (χ0n) is 12.6. The van der Waals surface area contributed by atoms with Crippen LogP contribution in [0.2, 0.25) is 0 Å². The van der Waals surface area contributed by atoms with Gasteiger partial charge in [0.05, 0.1) is 5.56 Å². The third-order valence-corrected chi connectivity index (χ3v) is 5.43. The number of nitrogens with zero attached hydrogens (tertiary/aromatic N) is 3. The summed E-state index contributed by atoms with van der Waals surface area (Å²) in [6.45, 7) is 0.877. The molecule has 4 rings (SSSR count). The Morgan fingerprint density at radius 3 is 2.61 bits per heavy atom. The largest absolute Gasteiger partial charge is 0.507 e. The number of benzene rings is 2. The molecule has 0 spiro atoms. The van der Waals surface area contributed by atoms with Crippen LogP contribution in [0.4, 0.5) is 0 Å². The fourth-order valence-corrected chi connectivity index (χ4v) is 4.19. The third kappa shape index (κ3) is 2.72. The van der Waals surface area contributed by atoms with Crippen LogP contribution in [0.1, 0.15) is 23.7 Å². The lowest BCUT2D eigenvalue weighted by molar-refractivity contribution is 0.476. The summed E-state index contributed by atoms with van der Waals surface area (Å²) in [6.07, 6.45) is 2.18. The number of aromatic nitrogens is 3. The zero-order chi connectivity index (χ0) is 15.6. The van der Waals surface area contributed by atoms with Gasteiger partial charge in [0, 0.05) is 11.8 Å². The molecule has 4 nitrogen and oxygen atoms in total. The lowest BCUT2D eigenvalue weighted by Crippen LogP contribution is -2.00. The van der Waals surface area contributed by atoms with Crippen LogP contribution in [-0.4, -0.2) is 19.9 Å². The van der Waals surface area contributed by atoms with E-state index in [1.807, 2.05) is 24.3 Å². The summed E-state index contributed by atoms with van der Waals surface area (Å²) in [4.78, 5) is 0. The second kappa shape index (κ2) is 6.08. The number of rotatable bonds is 2. The van der Waals surface area contributed by atoms with Crippen molar-refractivity contribution in [2.75, 3.05) is 0 Å². The molecule has 0 saturated heterocycles. The summed E-state index contributed by atoms with van der Waals surface area (Å²) in [6, 6.07) is 17.9. The minimum absolute atomic E-state index is 0.247. The van der Waals surface area contributed by atoms with Crippen LogP contribution in [0.15, 0.2) is 59.8 Å². The molecule has 1 atom stereocenters. The first kappa shape index (κ1) is 14.3. The summed E-state index contributed by atoms with van der Waals surface area (Å²) in [5.41, 5.74) is 2.07. The molecular formula is C18H17N3OS. The quantitative estimate of drug-likeness (QED) is 0.765. The van der Waals surface area contributed by atoms with E-state index in [9.17, 15) is 5.11 Å². The van der Waals surface area contributed by atoms with E-state index in [0.29, 0.717) is 5.25 Å². The lowest BCUT2D eigenvalue weighted by Gasteiger charge is -2.12. The fraction of sp³-hybridized carbons (Fsp3) is 0.222. The highest BCUT2D eigenvalue weighted by Gasteiger charge is 2.24. The molecule has 1 aliphatic heterocycles. The van der Waals surface area contributed by atoms with E-state index in [2.05, 4.69) is 39.0 Å². The first-order valence-corrected chi connectivity index (χ1v) is 8.64. The highest BCUT2D eigenvalue weighted by atomic mass is 32.2. The predicted octanol–water partition coefficient (Wildman–Crippen LogP) is 4.28. The second-order valence-electron chi connectivity index (χ2n) is 5.63. The van der Waals surface area contributed by atoms with Crippen LogP contribution < -0.4 is 0 Å². The van der Waals surface area contributed by atoms with Crippen molar-refractivity contribution in [3.8, 4) is 17.1 Å². The van der Waals surface area contributed by atoms with Crippen LogP contribution in [0.5, 0.6) is 5.75 Å². The van der Waals surface area contributed by atoms with Gasteiger partial charge in [0.2, 0.25) is 0 Å². The van der Waals surface area contributed by atoms with E-state index in [4.69, 9.17) is 0 Å². The van der Waals surface area contributed by atoms with Gasteiger partial charge in [-0.3, -0.25) is 0 Å². The summed E-state index contributed by atoms with van der Waals surface area (Å²) in [5, 5.41) is 20.1. The van der Waals surface area contributed by atoms with Crippen molar-refractivity contribution in [3.05, 3.63) is 60.2 Å². The Labute approximate surface area is 139 Å². The standard InChI is InChI=1S/C18H17N3OS/c22-15-10-5-4-9-14(15)17-19-20-18-21(17)12-6-11-16(23-18)13-7-2-1-3-8-13/h1-5,7-10,16,22H,6,11-12H2. The molecule has 0 aliphatic carbocycles. The van der Waals surface area contributed by atoms with Crippen LogP contribution in [-0.2, 0) is 6.54 Å². The molecule has 3 aromatic rings. The van der Waals surface area contributed by atoms with E-state index in [-0.39, 0.29) is 5.75 Å². The number of thioether (sulfide) groups is 1. The van der Waals surface area contributed by atoms with Gasteiger partial charge in [0.25, 0.3) is 0 Å². The van der Waals surface area contributed by atoms with Crippen molar-refractivity contribution in [1.29, 1.82) is 0 Å². The van der Waals surface area contributed by atoms with Crippen LogP contribution in [0.25, 0.3) is 11.4 Å². The Morgan fingerprint density at radius 2 is 1.78 bits per heavy atom. The molecule has 1 unspecified atom stereocenters. The maximum Gasteiger partial charge on any atom is 0.192 e. The van der Waals surface area contributed by atoms with Crippen molar-refractivity contribution >= 4 is 11.8 Å².